The number of carbonyl (C=O) groups is 2. The Kier molecular flexibility index (Phi) is 7.52. The molecule has 6 nitrogen and oxygen atoms in total. The van der Waals surface area contributed by atoms with Gasteiger partial charge in [-0.1, -0.05) is 54.1 Å². The zero-order chi connectivity index (χ0) is 27.5. The van der Waals surface area contributed by atoms with Crippen molar-refractivity contribution in [3.05, 3.63) is 124 Å². The fraction of sp³-hybridized carbons (Fsp3) is 0.161. The molecule has 1 N–H and O–H groups in total. The van der Waals surface area contributed by atoms with E-state index in [1.54, 1.807) is 66.6 Å². The number of fused-ring (bicyclic) bond motifs is 1. The van der Waals surface area contributed by atoms with Crippen molar-refractivity contribution in [1.82, 2.24) is 4.90 Å². The van der Waals surface area contributed by atoms with E-state index in [1.165, 1.54) is 19.2 Å². The van der Waals surface area contributed by atoms with Crippen LogP contribution < -0.4 is 14.8 Å². The van der Waals surface area contributed by atoms with Crippen molar-refractivity contribution >= 4 is 29.1 Å². The largest absolute Gasteiger partial charge is 0.497 e. The lowest BCUT2D eigenvalue weighted by atomic mass is 9.79. The number of hydrogen-bond acceptors (Lipinski definition) is 4. The van der Waals surface area contributed by atoms with Gasteiger partial charge in [0, 0.05) is 17.8 Å². The first-order valence-electron chi connectivity index (χ1n) is 12.3. The van der Waals surface area contributed by atoms with E-state index in [2.05, 4.69) is 5.32 Å². The average molecular weight is 545 g/mol. The Bertz CT molecular complexity index is 1510. The molecule has 4 aromatic carbocycles. The van der Waals surface area contributed by atoms with E-state index in [1.807, 2.05) is 24.3 Å². The van der Waals surface area contributed by atoms with E-state index in [0.717, 1.165) is 11.1 Å². The predicted molar refractivity (Wildman–Crippen MR) is 148 cm³/mol. The fourth-order valence-corrected chi connectivity index (χ4v) is 5.23. The molecule has 2 atom stereocenters. The number of amides is 2. The van der Waals surface area contributed by atoms with Crippen molar-refractivity contribution in [2.75, 3.05) is 19.5 Å². The molecule has 198 valence electrons. The summed E-state index contributed by atoms with van der Waals surface area (Å²) in [7, 11) is 3.09. The van der Waals surface area contributed by atoms with Crippen molar-refractivity contribution < 1.29 is 23.5 Å². The third-order valence-electron chi connectivity index (χ3n) is 6.86. The van der Waals surface area contributed by atoms with E-state index in [0.29, 0.717) is 33.3 Å². The van der Waals surface area contributed by atoms with Gasteiger partial charge in [0.15, 0.2) is 0 Å². The Hall–Kier alpha value is -4.36. The second-order valence-electron chi connectivity index (χ2n) is 9.18. The SMILES string of the molecule is COc1ccc([C@@H]2[C@@H](C(=O)Nc3ccc(OC)c(Cl)c3)c3ccccc3C(=O)N2Cc2ccc(F)cc2)cc1. The first kappa shape index (κ1) is 26.3. The van der Waals surface area contributed by atoms with Crippen LogP contribution in [0.5, 0.6) is 11.5 Å². The Morgan fingerprint density at radius 2 is 1.67 bits per heavy atom. The highest BCUT2D eigenvalue weighted by atomic mass is 35.5. The number of hydrogen-bond donors (Lipinski definition) is 1. The van der Waals surface area contributed by atoms with Gasteiger partial charge in [-0.25, -0.2) is 4.39 Å². The van der Waals surface area contributed by atoms with Gasteiger partial charge in [0.2, 0.25) is 5.91 Å². The van der Waals surface area contributed by atoms with Crippen LogP contribution in [0.2, 0.25) is 5.02 Å². The Morgan fingerprint density at radius 3 is 2.33 bits per heavy atom. The maximum absolute atomic E-state index is 14.1. The lowest BCUT2D eigenvalue weighted by Gasteiger charge is -2.42. The Balaban J connectivity index is 1.61. The van der Waals surface area contributed by atoms with Crippen LogP contribution >= 0.6 is 11.6 Å². The molecule has 0 spiro atoms. The second kappa shape index (κ2) is 11.2. The molecule has 0 fully saturated rings. The maximum Gasteiger partial charge on any atom is 0.255 e. The minimum Gasteiger partial charge on any atom is -0.497 e. The van der Waals surface area contributed by atoms with Gasteiger partial charge in [0.1, 0.15) is 17.3 Å². The quantitative estimate of drug-likeness (QED) is 0.284. The summed E-state index contributed by atoms with van der Waals surface area (Å²) >= 11 is 6.31. The topological polar surface area (TPSA) is 67.9 Å². The van der Waals surface area contributed by atoms with Crippen LogP contribution in [-0.2, 0) is 11.3 Å². The van der Waals surface area contributed by atoms with Crippen LogP contribution in [-0.4, -0.2) is 30.9 Å². The molecule has 0 radical (unpaired) electrons. The number of halogens is 2. The molecular formula is C31H26ClFN2O4. The van der Waals surface area contributed by atoms with Crippen LogP contribution in [0.1, 0.15) is 39.0 Å². The van der Waals surface area contributed by atoms with Gasteiger partial charge >= 0.3 is 0 Å². The highest BCUT2D eigenvalue weighted by Crippen LogP contribution is 2.44. The van der Waals surface area contributed by atoms with E-state index in [-0.39, 0.29) is 24.2 Å². The molecule has 0 bridgehead atoms. The van der Waals surface area contributed by atoms with E-state index >= 15 is 0 Å². The number of nitrogens with one attached hydrogen (secondary N) is 1. The molecule has 0 saturated heterocycles. The molecule has 39 heavy (non-hydrogen) atoms. The fourth-order valence-electron chi connectivity index (χ4n) is 4.97. The molecule has 1 aliphatic rings. The van der Waals surface area contributed by atoms with Crippen molar-refractivity contribution in [2.45, 2.75) is 18.5 Å². The summed E-state index contributed by atoms with van der Waals surface area (Å²) in [5.41, 5.74) is 3.06. The summed E-state index contributed by atoms with van der Waals surface area (Å²) in [6, 6.07) is 24.8. The number of ether oxygens (including phenoxy) is 2. The molecule has 0 aliphatic carbocycles. The molecule has 8 heteroatoms. The van der Waals surface area contributed by atoms with Crippen molar-refractivity contribution in [1.29, 1.82) is 0 Å². The van der Waals surface area contributed by atoms with Gasteiger partial charge in [-0.2, -0.15) is 0 Å². The Morgan fingerprint density at radius 1 is 0.949 bits per heavy atom. The van der Waals surface area contributed by atoms with Gasteiger partial charge in [-0.05, 0) is 65.2 Å². The number of nitrogens with zero attached hydrogens (tertiary/aromatic N) is 1. The van der Waals surface area contributed by atoms with Crippen LogP contribution in [0.4, 0.5) is 10.1 Å². The van der Waals surface area contributed by atoms with Crippen LogP contribution in [0.25, 0.3) is 0 Å². The minimum absolute atomic E-state index is 0.183. The average Bonchev–Trinajstić information content (AvgIpc) is 2.95. The smallest absolute Gasteiger partial charge is 0.255 e. The van der Waals surface area contributed by atoms with Crippen LogP contribution in [0, 0.1) is 5.82 Å². The van der Waals surface area contributed by atoms with Crippen molar-refractivity contribution in [3.63, 3.8) is 0 Å². The number of carbonyl (C=O) groups excluding carboxylic acids is 2. The standard InChI is InChI=1S/C31H26ClFN2O4/c1-38-23-14-9-20(10-15-23)29-28(30(36)34-22-13-16-27(39-2)26(32)17-22)24-5-3-4-6-25(24)31(37)35(29)18-19-7-11-21(33)12-8-19/h3-17,28-29H,18H2,1-2H3,(H,34,36)/t28-,29+/m0/s1. The third-order valence-corrected chi connectivity index (χ3v) is 7.16. The van der Waals surface area contributed by atoms with E-state index in [4.69, 9.17) is 21.1 Å². The predicted octanol–water partition coefficient (Wildman–Crippen LogP) is 6.62. The monoisotopic (exact) mass is 544 g/mol. The van der Waals surface area contributed by atoms with Crippen molar-refractivity contribution in [2.24, 2.45) is 0 Å². The summed E-state index contributed by atoms with van der Waals surface area (Å²) in [6.07, 6.45) is 0. The minimum atomic E-state index is -0.756. The Labute approximate surface area is 230 Å². The third kappa shape index (κ3) is 5.31. The van der Waals surface area contributed by atoms with Crippen molar-refractivity contribution in [3.8, 4) is 11.5 Å². The van der Waals surface area contributed by atoms with Gasteiger partial charge in [-0.15, -0.1) is 0 Å². The van der Waals surface area contributed by atoms with E-state index in [9.17, 15) is 14.0 Å². The molecule has 1 heterocycles. The van der Waals surface area contributed by atoms with E-state index < -0.39 is 12.0 Å². The summed E-state index contributed by atoms with van der Waals surface area (Å²) in [6.45, 7) is 0.183. The number of benzene rings is 4. The molecule has 5 rings (SSSR count). The lowest BCUT2D eigenvalue weighted by molar-refractivity contribution is -0.119. The maximum atomic E-state index is 14.1. The normalized spacial score (nSPS) is 16.4. The molecular weight excluding hydrogens is 519 g/mol. The molecule has 0 saturated carbocycles. The molecule has 2 amide bonds. The lowest BCUT2D eigenvalue weighted by Crippen LogP contribution is -2.45. The number of anilines is 1. The van der Waals surface area contributed by atoms with Gasteiger partial charge < -0.3 is 19.7 Å². The van der Waals surface area contributed by atoms with Gasteiger partial charge in [0.25, 0.3) is 5.91 Å². The second-order valence-corrected chi connectivity index (χ2v) is 9.59. The molecule has 0 unspecified atom stereocenters. The summed E-state index contributed by atoms with van der Waals surface area (Å²) in [5.74, 6) is -0.497. The molecule has 4 aromatic rings. The highest BCUT2D eigenvalue weighted by Gasteiger charge is 2.44. The van der Waals surface area contributed by atoms with Crippen LogP contribution in [0.15, 0.2) is 91.0 Å². The van der Waals surface area contributed by atoms with Crippen LogP contribution in [0.3, 0.4) is 0 Å². The molecule has 1 aliphatic heterocycles. The highest BCUT2D eigenvalue weighted by molar-refractivity contribution is 6.32. The number of methoxy groups -OCH3 is 2. The molecule has 0 aromatic heterocycles. The first-order valence-corrected chi connectivity index (χ1v) is 12.7. The number of rotatable bonds is 7. The summed E-state index contributed by atoms with van der Waals surface area (Å²) in [4.78, 5) is 29.6. The van der Waals surface area contributed by atoms with Gasteiger partial charge in [-0.3, -0.25) is 9.59 Å². The summed E-state index contributed by atoms with van der Waals surface area (Å²) in [5, 5.41) is 3.34. The van der Waals surface area contributed by atoms with Gasteiger partial charge in [0.05, 0.1) is 31.2 Å². The zero-order valence-electron chi connectivity index (χ0n) is 21.4. The first-order chi connectivity index (χ1) is 18.9. The summed E-state index contributed by atoms with van der Waals surface area (Å²) < 4.78 is 24.2. The zero-order valence-corrected chi connectivity index (χ0v) is 22.1.